The van der Waals surface area contributed by atoms with E-state index >= 15 is 0 Å². The highest BCUT2D eigenvalue weighted by Crippen LogP contribution is 2.31. The van der Waals surface area contributed by atoms with Crippen molar-refractivity contribution in [3.8, 4) is 5.75 Å². The molecule has 1 aromatic carbocycles. The summed E-state index contributed by atoms with van der Waals surface area (Å²) in [5.41, 5.74) is 2.36. The van der Waals surface area contributed by atoms with Crippen LogP contribution in [0.3, 0.4) is 0 Å². The van der Waals surface area contributed by atoms with Crippen LogP contribution in [0.1, 0.15) is 22.3 Å². The zero-order valence-corrected chi connectivity index (χ0v) is 11.7. The lowest BCUT2D eigenvalue weighted by atomic mass is 10.0. The van der Waals surface area contributed by atoms with Crippen LogP contribution in [-0.4, -0.2) is 24.5 Å². The summed E-state index contributed by atoms with van der Waals surface area (Å²) >= 11 is 0. The fraction of sp³-hybridized carbons (Fsp3) is 0.250. The molecule has 1 aliphatic heterocycles. The Kier molecular flexibility index (Phi) is 3.56. The molecular weight excluding hydrogens is 271 g/mol. The number of hydrogen-bond acceptors (Lipinski definition) is 3. The third-order valence-corrected chi connectivity index (χ3v) is 3.62. The topological polar surface area (TPSA) is 42.4 Å². The molecule has 5 heteroatoms. The smallest absolute Gasteiger partial charge is 0.259 e. The van der Waals surface area contributed by atoms with E-state index in [4.69, 9.17) is 4.74 Å². The molecule has 0 radical (unpaired) electrons. The van der Waals surface area contributed by atoms with Crippen LogP contribution in [0, 0.1) is 5.95 Å². The molecule has 21 heavy (non-hydrogen) atoms. The Hall–Kier alpha value is -2.43. The average Bonchev–Trinajstić information content (AvgIpc) is 2.53. The lowest BCUT2D eigenvalue weighted by molar-refractivity contribution is 0.0984. The van der Waals surface area contributed by atoms with E-state index in [0.29, 0.717) is 12.1 Å². The maximum absolute atomic E-state index is 12.9. The van der Waals surface area contributed by atoms with Gasteiger partial charge < -0.3 is 9.64 Å². The van der Waals surface area contributed by atoms with Gasteiger partial charge in [0, 0.05) is 18.4 Å². The average molecular weight is 286 g/mol. The number of aromatic nitrogens is 1. The number of anilines is 1. The standard InChI is InChI=1S/C16H15FN2O2/c1-21-13-5-6-14-11(9-13)3-2-8-19(14)16(20)12-4-7-15(17)18-10-12/h4-7,9-10H,2-3,8H2,1H3. The predicted octanol–water partition coefficient (Wildman–Crippen LogP) is 2.82. The molecule has 0 unspecified atom stereocenters. The molecule has 0 fully saturated rings. The molecule has 0 N–H and O–H groups in total. The van der Waals surface area contributed by atoms with Crippen LogP contribution in [0.4, 0.5) is 10.1 Å². The van der Waals surface area contributed by atoms with Crippen LogP contribution < -0.4 is 9.64 Å². The summed E-state index contributed by atoms with van der Waals surface area (Å²) in [7, 11) is 1.62. The van der Waals surface area contributed by atoms with E-state index in [-0.39, 0.29) is 5.91 Å². The number of methoxy groups -OCH3 is 1. The van der Waals surface area contributed by atoms with E-state index < -0.39 is 5.95 Å². The first-order valence-electron chi connectivity index (χ1n) is 6.79. The first-order chi connectivity index (χ1) is 10.2. The molecule has 0 aliphatic carbocycles. The highest BCUT2D eigenvalue weighted by atomic mass is 19.1. The van der Waals surface area contributed by atoms with Gasteiger partial charge in [-0.25, -0.2) is 4.98 Å². The summed E-state index contributed by atoms with van der Waals surface area (Å²) in [4.78, 5) is 17.8. The normalized spacial score (nSPS) is 13.7. The van der Waals surface area contributed by atoms with Gasteiger partial charge in [0.05, 0.1) is 12.7 Å². The molecule has 2 aromatic rings. The molecule has 0 bridgehead atoms. The van der Waals surface area contributed by atoms with Crippen molar-refractivity contribution in [2.45, 2.75) is 12.8 Å². The van der Waals surface area contributed by atoms with Crippen molar-refractivity contribution < 1.29 is 13.9 Å². The van der Waals surface area contributed by atoms with Gasteiger partial charge in [0.2, 0.25) is 5.95 Å². The van der Waals surface area contributed by atoms with Gasteiger partial charge in [0.25, 0.3) is 5.91 Å². The highest BCUT2D eigenvalue weighted by molar-refractivity contribution is 6.06. The third kappa shape index (κ3) is 2.59. The summed E-state index contributed by atoms with van der Waals surface area (Å²) in [5.74, 6) is 0.0374. The van der Waals surface area contributed by atoms with Crippen LogP contribution in [-0.2, 0) is 6.42 Å². The van der Waals surface area contributed by atoms with E-state index in [2.05, 4.69) is 4.98 Å². The first kappa shape index (κ1) is 13.5. The van der Waals surface area contributed by atoms with Crippen LogP contribution in [0.5, 0.6) is 5.75 Å². The molecule has 1 amide bonds. The lowest BCUT2D eigenvalue weighted by Crippen LogP contribution is -2.35. The molecule has 0 spiro atoms. The zero-order chi connectivity index (χ0) is 14.8. The molecule has 0 atom stereocenters. The first-order valence-corrected chi connectivity index (χ1v) is 6.79. The van der Waals surface area contributed by atoms with Crippen molar-refractivity contribution >= 4 is 11.6 Å². The number of hydrogen-bond donors (Lipinski definition) is 0. The predicted molar refractivity (Wildman–Crippen MR) is 77.2 cm³/mol. The van der Waals surface area contributed by atoms with Crippen molar-refractivity contribution in [3.63, 3.8) is 0 Å². The van der Waals surface area contributed by atoms with E-state index in [1.54, 1.807) is 12.0 Å². The number of benzene rings is 1. The minimum Gasteiger partial charge on any atom is -0.497 e. The molecule has 3 rings (SSSR count). The van der Waals surface area contributed by atoms with E-state index in [9.17, 15) is 9.18 Å². The minimum absolute atomic E-state index is 0.159. The molecular formula is C16H15FN2O2. The van der Waals surface area contributed by atoms with Gasteiger partial charge in [0.15, 0.2) is 0 Å². The second-order valence-corrected chi connectivity index (χ2v) is 4.92. The van der Waals surface area contributed by atoms with Crippen LogP contribution in [0.25, 0.3) is 0 Å². The maximum Gasteiger partial charge on any atom is 0.259 e. The second kappa shape index (κ2) is 5.52. The Labute approximate surface area is 122 Å². The Morgan fingerprint density at radius 2 is 2.19 bits per heavy atom. The van der Waals surface area contributed by atoms with Gasteiger partial charge in [-0.3, -0.25) is 4.79 Å². The van der Waals surface area contributed by atoms with Gasteiger partial charge in [-0.2, -0.15) is 4.39 Å². The number of carbonyl (C=O) groups excluding carboxylic acids is 1. The van der Waals surface area contributed by atoms with Crippen molar-refractivity contribution in [2.75, 3.05) is 18.6 Å². The SMILES string of the molecule is COc1ccc2c(c1)CCCN2C(=O)c1ccc(F)nc1. The van der Waals surface area contributed by atoms with Crippen molar-refractivity contribution in [1.29, 1.82) is 0 Å². The Morgan fingerprint density at radius 3 is 2.90 bits per heavy atom. The Balaban J connectivity index is 1.94. The number of fused-ring (bicyclic) bond motifs is 1. The van der Waals surface area contributed by atoms with Crippen LogP contribution in [0.2, 0.25) is 0 Å². The quantitative estimate of drug-likeness (QED) is 0.797. The number of amides is 1. The summed E-state index contributed by atoms with van der Waals surface area (Å²) in [6, 6.07) is 8.35. The van der Waals surface area contributed by atoms with Crippen LogP contribution in [0.15, 0.2) is 36.5 Å². The number of pyridine rings is 1. The van der Waals surface area contributed by atoms with Crippen molar-refractivity contribution in [2.24, 2.45) is 0 Å². The van der Waals surface area contributed by atoms with Gasteiger partial charge in [-0.05, 0) is 48.7 Å². The summed E-state index contributed by atoms with van der Waals surface area (Å²) in [6.45, 7) is 0.648. The summed E-state index contributed by atoms with van der Waals surface area (Å²) in [6.07, 6.45) is 3.08. The number of halogens is 1. The molecule has 108 valence electrons. The monoisotopic (exact) mass is 286 g/mol. The number of ether oxygens (including phenoxy) is 1. The number of aryl methyl sites for hydroxylation is 1. The Morgan fingerprint density at radius 1 is 1.33 bits per heavy atom. The zero-order valence-electron chi connectivity index (χ0n) is 11.7. The molecule has 1 aliphatic rings. The molecule has 1 aromatic heterocycles. The number of rotatable bonds is 2. The Bertz CT molecular complexity index is 670. The van der Waals surface area contributed by atoms with Gasteiger partial charge in [0.1, 0.15) is 5.75 Å². The van der Waals surface area contributed by atoms with E-state index in [1.165, 1.54) is 18.3 Å². The summed E-state index contributed by atoms with van der Waals surface area (Å²) < 4.78 is 18.1. The summed E-state index contributed by atoms with van der Waals surface area (Å²) in [5, 5.41) is 0. The fourth-order valence-electron chi connectivity index (χ4n) is 2.57. The molecule has 0 saturated heterocycles. The van der Waals surface area contributed by atoms with E-state index in [1.807, 2.05) is 18.2 Å². The number of carbonyl (C=O) groups is 1. The lowest BCUT2D eigenvalue weighted by Gasteiger charge is -2.29. The van der Waals surface area contributed by atoms with Gasteiger partial charge >= 0.3 is 0 Å². The largest absolute Gasteiger partial charge is 0.497 e. The second-order valence-electron chi connectivity index (χ2n) is 4.92. The fourth-order valence-corrected chi connectivity index (χ4v) is 2.57. The van der Waals surface area contributed by atoms with E-state index in [0.717, 1.165) is 29.8 Å². The van der Waals surface area contributed by atoms with Crippen molar-refractivity contribution in [3.05, 3.63) is 53.6 Å². The van der Waals surface area contributed by atoms with Gasteiger partial charge in [-0.15, -0.1) is 0 Å². The van der Waals surface area contributed by atoms with Crippen molar-refractivity contribution in [1.82, 2.24) is 4.98 Å². The van der Waals surface area contributed by atoms with Gasteiger partial charge in [-0.1, -0.05) is 0 Å². The van der Waals surface area contributed by atoms with Crippen LogP contribution >= 0.6 is 0 Å². The molecule has 0 saturated carbocycles. The highest BCUT2D eigenvalue weighted by Gasteiger charge is 2.24. The third-order valence-electron chi connectivity index (χ3n) is 3.62. The molecule has 2 heterocycles. The maximum atomic E-state index is 12.9. The minimum atomic E-state index is -0.588. The molecule has 4 nitrogen and oxygen atoms in total. The number of nitrogens with zero attached hydrogens (tertiary/aromatic N) is 2.